The number of hydrogen-bond acceptors (Lipinski definition) is 1. The van der Waals surface area contributed by atoms with Crippen molar-refractivity contribution in [1.82, 2.24) is 0 Å². The first-order chi connectivity index (χ1) is 10.5. The molecule has 3 nitrogen and oxygen atoms in total. The number of nitrogens with two attached hydrogens (primary N) is 1. The highest BCUT2D eigenvalue weighted by Crippen LogP contribution is 2.44. The van der Waals surface area contributed by atoms with Gasteiger partial charge in [-0.2, -0.15) is 0 Å². The quantitative estimate of drug-likeness (QED) is 0.670. The van der Waals surface area contributed by atoms with E-state index in [-0.39, 0.29) is 17.8 Å². The van der Waals surface area contributed by atoms with Gasteiger partial charge in [0.15, 0.2) is 5.96 Å². The first-order valence-corrected chi connectivity index (χ1v) is 7.46. The van der Waals surface area contributed by atoms with Crippen molar-refractivity contribution in [2.24, 2.45) is 10.7 Å². The number of anilines is 1. The van der Waals surface area contributed by atoms with Crippen molar-refractivity contribution in [2.75, 3.05) is 5.32 Å². The van der Waals surface area contributed by atoms with Gasteiger partial charge in [0.1, 0.15) is 5.82 Å². The van der Waals surface area contributed by atoms with E-state index in [1.807, 2.05) is 38.1 Å². The summed E-state index contributed by atoms with van der Waals surface area (Å²) < 4.78 is 13.7. The molecule has 0 radical (unpaired) electrons. The number of halogens is 1. The third-order valence-electron chi connectivity index (χ3n) is 3.86. The van der Waals surface area contributed by atoms with Gasteiger partial charge >= 0.3 is 0 Å². The molecule has 1 saturated carbocycles. The molecule has 0 bridgehead atoms. The van der Waals surface area contributed by atoms with E-state index >= 15 is 0 Å². The largest absolute Gasteiger partial charge is 0.370 e. The molecule has 3 N–H and O–H groups in total. The third kappa shape index (κ3) is 3.27. The van der Waals surface area contributed by atoms with Crippen LogP contribution in [0.2, 0.25) is 0 Å². The van der Waals surface area contributed by atoms with E-state index in [9.17, 15) is 4.39 Å². The molecule has 1 fully saturated rings. The predicted octanol–water partition coefficient (Wildman–Crippen LogP) is 3.73. The summed E-state index contributed by atoms with van der Waals surface area (Å²) >= 11 is 0. The number of rotatable bonds is 3. The molecule has 114 valence electrons. The van der Waals surface area contributed by atoms with Crippen molar-refractivity contribution < 1.29 is 4.39 Å². The molecular formula is C18H20FN3. The van der Waals surface area contributed by atoms with Gasteiger partial charge in [-0.15, -0.1) is 0 Å². The summed E-state index contributed by atoms with van der Waals surface area (Å²) in [6, 6.07) is 13.1. The molecule has 0 saturated heterocycles. The zero-order valence-corrected chi connectivity index (χ0v) is 12.8. The normalized spacial score (nSPS) is 20.8. The summed E-state index contributed by atoms with van der Waals surface area (Å²) in [7, 11) is 0. The Morgan fingerprint density at radius 1 is 1.18 bits per heavy atom. The average Bonchev–Trinajstić information content (AvgIpc) is 3.16. The maximum Gasteiger partial charge on any atom is 0.193 e. The van der Waals surface area contributed by atoms with E-state index in [1.54, 1.807) is 6.07 Å². The van der Waals surface area contributed by atoms with E-state index < -0.39 is 0 Å². The van der Waals surface area contributed by atoms with E-state index in [0.29, 0.717) is 5.96 Å². The Hall–Kier alpha value is -2.36. The Morgan fingerprint density at radius 3 is 2.55 bits per heavy atom. The van der Waals surface area contributed by atoms with Crippen molar-refractivity contribution in [2.45, 2.75) is 32.2 Å². The van der Waals surface area contributed by atoms with Gasteiger partial charge in [-0.25, -0.2) is 9.38 Å². The molecule has 2 atom stereocenters. The van der Waals surface area contributed by atoms with Gasteiger partial charge in [-0.05, 0) is 55.2 Å². The van der Waals surface area contributed by atoms with Gasteiger partial charge in [-0.1, -0.05) is 24.3 Å². The standard InChI is InChI=1S/C18H20FN3/c1-11-7-12(2)9-13(8-11)21-18(20)22-17-10-15(17)14-5-3-4-6-16(14)19/h3-9,15,17H,10H2,1-2H3,(H3,20,21,22)/t15-,17+/m0/s1. The monoisotopic (exact) mass is 297 g/mol. The van der Waals surface area contributed by atoms with E-state index in [2.05, 4.69) is 16.4 Å². The van der Waals surface area contributed by atoms with Gasteiger partial charge in [0.05, 0.1) is 6.04 Å². The fraction of sp³-hybridized carbons (Fsp3) is 0.278. The number of benzene rings is 2. The Kier molecular flexibility index (Phi) is 3.84. The Morgan fingerprint density at radius 2 is 1.86 bits per heavy atom. The maximum absolute atomic E-state index is 13.7. The molecule has 1 aliphatic carbocycles. The highest BCUT2D eigenvalue weighted by Gasteiger charge is 2.40. The van der Waals surface area contributed by atoms with Crippen LogP contribution in [0.15, 0.2) is 47.5 Å². The van der Waals surface area contributed by atoms with Gasteiger partial charge in [0.2, 0.25) is 0 Å². The van der Waals surface area contributed by atoms with E-state index in [1.165, 1.54) is 17.2 Å². The second-order valence-corrected chi connectivity index (χ2v) is 5.95. The minimum Gasteiger partial charge on any atom is -0.370 e. The first kappa shape index (κ1) is 14.6. The van der Waals surface area contributed by atoms with Crippen molar-refractivity contribution in [3.8, 4) is 0 Å². The van der Waals surface area contributed by atoms with Crippen LogP contribution < -0.4 is 11.1 Å². The van der Waals surface area contributed by atoms with Crippen LogP contribution in [0.25, 0.3) is 0 Å². The zero-order chi connectivity index (χ0) is 15.7. The van der Waals surface area contributed by atoms with Crippen LogP contribution in [0.5, 0.6) is 0 Å². The van der Waals surface area contributed by atoms with Crippen molar-refractivity contribution in [3.63, 3.8) is 0 Å². The highest BCUT2D eigenvalue weighted by atomic mass is 19.1. The Labute approximate surface area is 130 Å². The molecule has 0 spiro atoms. The Bertz CT molecular complexity index is 704. The molecule has 0 aromatic heterocycles. The highest BCUT2D eigenvalue weighted by molar-refractivity contribution is 5.92. The van der Waals surface area contributed by atoms with Gasteiger partial charge in [0.25, 0.3) is 0 Å². The smallest absolute Gasteiger partial charge is 0.193 e. The summed E-state index contributed by atoms with van der Waals surface area (Å²) in [6.07, 6.45) is 0.843. The third-order valence-corrected chi connectivity index (χ3v) is 3.86. The Balaban J connectivity index is 1.68. The summed E-state index contributed by atoms with van der Waals surface area (Å²) in [4.78, 5) is 4.46. The lowest BCUT2D eigenvalue weighted by Gasteiger charge is -2.08. The molecule has 2 aromatic carbocycles. The number of guanidine groups is 1. The lowest BCUT2D eigenvalue weighted by molar-refractivity contribution is 0.609. The molecule has 0 unspecified atom stereocenters. The van der Waals surface area contributed by atoms with Gasteiger partial charge in [-0.3, -0.25) is 0 Å². The van der Waals surface area contributed by atoms with Crippen LogP contribution >= 0.6 is 0 Å². The molecule has 4 heteroatoms. The summed E-state index contributed by atoms with van der Waals surface area (Å²) in [6.45, 7) is 4.08. The number of aryl methyl sites for hydroxylation is 2. The predicted molar refractivity (Wildman–Crippen MR) is 88.7 cm³/mol. The minimum absolute atomic E-state index is 0.0651. The van der Waals surface area contributed by atoms with Crippen molar-refractivity contribution in [3.05, 3.63) is 65.0 Å². The van der Waals surface area contributed by atoms with Crippen molar-refractivity contribution >= 4 is 11.6 Å². The molecule has 22 heavy (non-hydrogen) atoms. The van der Waals surface area contributed by atoms with Crippen LogP contribution in [0.3, 0.4) is 0 Å². The summed E-state index contributed by atoms with van der Waals surface area (Å²) in [5.74, 6) is 0.362. The minimum atomic E-state index is -0.161. The maximum atomic E-state index is 13.7. The average molecular weight is 297 g/mol. The van der Waals surface area contributed by atoms with Crippen LogP contribution in [0.4, 0.5) is 10.1 Å². The van der Waals surface area contributed by atoms with E-state index in [4.69, 9.17) is 5.73 Å². The lowest BCUT2D eigenvalue weighted by Crippen LogP contribution is -2.23. The fourth-order valence-electron chi connectivity index (χ4n) is 2.84. The number of nitrogens with one attached hydrogen (secondary N) is 1. The fourth-order valence-corrected chi connectivity index (χ4v) is 2.84. The summed E-state index contributed by atoms with van der Waals surface area (Å²) in [5, 5.41) is 3.12. The van der Waals surface area contributed by atoms with Crippen LogP contribution in [0.1, 0.15) is 29.0 Å². The number of aliphatic imine (C=N–C) groups is 1. The number of nitrogens with zero attached hydrogens (tertiary/aromatic N) is 1. The molecule has 2 aromatic rings. The van der Waals surface area contributed by atoms with Crippen LogP contribution in [-0.2, 0) is 0 Å². The molecule has 0 heterocycles. The zero-order valence-electron chi connectivity index (χ0n) is 12.8. The molecular weight excluding hydrogens is 277 g/mol. The first-order valence-electron chi connectivity index (χ1n) is 7.46. The second kappa shape index (κ2) is 5.79. The topological polar surface area (TPSA) is 50.4 Å². The SMILES string of the molecule is Cc1cc(C)cc(NC(N)=N[C@@H]2C[C@H]2c2ccccc2F)c1. The van der Waals surface area contributed by atoms with Crippen molar-refractivity contribution in [1.29, 1.82) is 0 Å². The van der Waals surface area contributed by atoms with Gasteiger partial charge < -0.3 is 11.1 Å². The summed E-state index contributed by atoms with van der Waals surface area (Å²) in [5.41, 5.74) is 9.98. The number of hydrogen-bond donors (Lipinski definition) is 2. The molecule has 0 amide bonds. The van der Waals surface area contributed by atoms with Crippen LogP contribution in [-0.4, -0.2) is 12.0 Å². The lowest BCUT2D eigenvalue weighted by atomic mass is 10.1. The molecule has 1 aliphatic rings. The molecule has 0 aliphatic heterocycles. The molecule has 3 rings (SSSR count). The van der Waals surface area contributed by atoms with Gasteiger partial charge in [0, 0.05) is 11.6 Å². The van der Waals surface area contributed by atoms with Crippen LogP contribution in [0, 0.1) is 19.7 Å². The van der Waals surface area contributed by atoms with E-state index in [0.717, 1.165) is 17.7 Å². The second-order valence-electron chi connectivity index (χ2n) is 5.95.